The Balaban J connectivity index is 2.22. The number of hydrogen-bond donors (Lipinski definition) is 1. The second-order valence-electron chi connectivity index (χ2n) is 7.37. The van der Waals surface area contributed by atoms with Gasteiger partial charge in [-0.1, -0.05) is 48.0 Å². The van der Waals surface area contributed by atoms with E-state index in [1.54, 1.807) is 6.92 Å². The quantitative estimate of drug-likeness (QED) is 0.817. The Morgan fingerprint density at radius 3 is 2.54 bits per heavy atom. The van der Waals surface area contributed by atoms with Crippen molar-refractivity contribution < 1.29 is 14.7 Å². The van der Waals surface area contributed by atoms with Crippen LogP contribution in [-0.2, 0) is 9.59 Å². The number of hydrogen-bond acceptors (Lipinski definition) is 3. The molecule has 2 unspecified atom stereocenters. The number of ketones is 1. The smallest absolute Gasteiger partial charge is 0.334 e. The maximum absolute atomic E-state index is 12.9. The van der Waals surface area contributed by atoms with Gasteiger partial charge in [0.05, 0.1) is 11.5 Å². The first-order chi connectivity index (χ1) is 11.2. The van der Waals surface area contributed by atoms with Crippen LogP contribution in [0.5, 0.6) is 0 Å². The van der Waals surface area contributed by atoms with E-state index in [0.29, 0.717) is 18.5 Å². The number of Topliss-reactive ketones (excluding diaryl/α,β-unsaturated/α-hetero) is 1. The standard InChI is InChI=1S/C19H20BrNO3/c1-10-15(18(23)24)16(11-6-4-5-7-12(11)20)17-13(21-10)8-19(2,3)9-14(17)22/h4-7,16-17H,8-9H2,1-3H3,(H,23,24). The summed E-state index contributed by atoms with van der Waals surface area (Å²) < 4.78 is 0.820. The first kappa shape index (κ1) is 17.1. The largest absolute Gasteiger partial charge is 0.478 e. The molecule has 1 saturated carbocycles. The maximum atomic E-state index is 12.9. The lowest BCUT2D eigenvalue weighted by Gasteiger charge is -2.41. The first-order valence-electron chi connectivity index (χ1n) is 8.00. The first-order valence-corrected chi connectivity index (χ1v) is 8.79. The summed E-state index contributed by atoms with van der Waals surface area (Å²) in [7, 11) is 0. The Morgan fingerprint density at radius 1 is 1.25 bits per heavy atom. The molecule has 2 atom stereocenters. The zero-order valence-corrected chi connectivity index (χ0v) is 15.6. The zero-order valence-electron chi connectivity index (χ0n) is 14.0. The Kier molecular flexibility index (Phi) is 4.24. The van der Waals surface area contributed by atoms with E-state index >= 15 is 0 Å². The number of halogens is 1. The predicted octanol–water partition coefficient (Wildman–Crippen LogP) is 4.35. The van der Waals surface area contributed by atoms with Crippen molar-refractivity contribution in [2.45, 2.75) is 39.5 Å². The molecule has 0 aromatic heterocycles. The van der Waals surface area contributed by atoms with E-state index in [0.717, 1.165) is 15.7 Å². The van der Waals surface area contributed by atoms with Crippen LogP contribution in [0.4, 0.5) is 0 Å². The topological polar surface area (TPSA) is 66.7 Å². The number of rotatable bonds is 2. The summed E-state index contributed by atoms with van der Waals surface area (Å²) in [5.41, 5.74) is 2.24. The Morgan fingerprint density at radius 2 is 1.92 bits per heavy atom. The molecule has 1 aromatic rings. The van der Waals surface area contributed by atoms with Gasteiger partial charge in [0.2, 0.25) is 0 Å². The van der Waals surface area contributed by atoms with Crippen molar-refractivity contribution in [3.8, 4) is 0 Å². The lowest BCUT2D eigenvalue weighted by Crippen LogP contribution is -2.44. The maximum Gasteiger partial charge on any atom is 0.334 e. The van der Waals surface area contributed by atoms with Crippen molar-refractivity contribution in [2.75, 3.05) is 0 Å². The van der Waals surface area contributed by atoms with Crippen LogP contribution in [0, 0.1) is 11.3 Å². The number of carbonyl (C=O) groups is 2. The van der Waals surface area contributed by atoms with Gasteiger partial charge >= 0.3 is 5.97 Å². The third-order valence-electron chi connectivity index (χ3n) is 4.83. The van der Waals surface area contributed by atoms with E-state index in [1.807, 2.05) is 24.3 Å². The molecular weight excluding hydrogens is 370 g/mol. The highest BCUT2D eigenvalue weighted by Crippen LogP contribution is 2.47. The average Bonchev–Trinajstić information content (AvgIpc) is 2.44. The predicted molar refractivity (Wildman–Crippen MR) is 96.2 cm³/mol. The summed E-state index contributed by atoms with van der Waals surface area (Å²) >= 11 is 3.52. The van der Waals surface area contributed by atoms with Crippen LogP contribution < -0.4 is 0 Å². The van der Waals surface area contributed by atoms with Crippen molar-refractivity contribution in [3.05, 3.63) is 45.6 Å². The molecule has 0 amide bonds. The normalized spacial score (nSPS) is 26.0. The fourth-order valence-electron chi connectivity index (χ4n) is 3.94. The van der Waals surface area contributed by atoms with E-state index in [-0.39, 0.29) is 16.8 Å². The number of carbonyl (C=O) groups excluding carboxylic acids is 1. The number of benzene rings is 1. The molecule has 0 spiro atoms. The van der Waals surface area contributed by atoms with Gasteiger partial charge in [0.1, 0.15) is 5.78 Å². The third kappa shape index (κ3) is 2.86. The molecule has 0 bridgehead atoms. The Hall–Kier alpha value is -1.75. The number of nitrogens with zero attached hydrogens (tertiary/aromatic N) is 1. The van der Waals surface area contributed by atoms with Gasteiger partial charge in [0.25, 0.3) is 0 Å². The van der Waals surface area contributed by atoms with Gasteiger partial charge in [-0.05, 0) is 30.4 Å². The van der Waals surface area contributed by atoms with Crippen molar-refractivity contribution in [1.29, 1.82) is 0 Å². The summed E-state index contributed by atoms with van der Waals surface area (Å²) in [6, 6.07) is 7.53. The second kappa shape index (κ2) is 5.96. The molecule has 1 heterocycles. The highest BCUT2D eigenvalue weighted by atomic mass is 79.9. The van der Waals surface area contributed by atoms with Crippen LogP contribution in [0.25, 0.3) is 0 Å². The van der Waals surface area contributed by atoms with E-state index in [2.05, 4.69) is 34.8 Å². The molecule has 1 aromatic carbocycles. The molecule has 126 valence electrons. The van der Waals surface area contributed by atoms with Crippen LogP contribution in [0.15, 0.2) is 45.0 Å². The summed E-state index contributed by atoms with van der Waals surface area (Å²) in [5.74, 6) is -1.90. The molecular formula is C19H20BrNO3. The molecule has 1 aliphatic carbocycles. The summed E-state index contributed by atoms with van der Waals surface area (Å²) in [6.07, 6.45) is 1.16. The summed E-state index contributed by atoms with van der Waals surface area (Å²) in [5, 5.41) is 9.76. The highest BCUT2D eigenvalue weighted by Gasteiger charge is 2.47. The van der Waals surface area contributed by atoms with Gasteiger partial charge in [-0.25, -0.2) is 4.79 Å². The van der Waals surface area contributed by atoms with Gasteiger partial charge in [0.15, 0.2) is 0 Å². The molecule has 1 fully saturated rings. The Bertz CT molecular complexity index is 792. The van der Waals surface area contributed by atoms with Gasteiger partial charge in [-0.3, -0.25) is 9.79 Å². The highest BCUT2D eigenvalue weighted by molar-refractivity contribution is 9.10. The molecule has 3 rings (SSSR count). The van der Waals surface area contributed by atoms with Crippen LogP contribution in [0.2, 0.25) is 0 Å². The van der Waals surface area contributed by atoms with Crippen molar-refractivity contribution in [2.24, 2.45) is 16.3 Å². The molecule has 1 N–H and O–H groups in total. The number of allylic oxidation sites excluding steroid dienone is 1. The molecule has 0 saturated heterocycles. The van der Waals surface area contributed by atoms with Crippen LogP contribution in [0.3, 0.4) is 0 Å². The molecule has 0 radical (unpaired) electrons. The molecule has 5 heteroatoms. The summed E-state index contributed by atoms with van der Waals surface area (Å²) in [4.78, 5) is 29.4. The average molecular weight is 390 g/mol. The van der Waals surface area contributed by atoms with Crippen LogP contribution in [0.1, 0.15) is 45.1 Å². The molecule has 2 aliphatic rings. The molecule has 24 heavy (non-hydrogen) atoms. The van der Waals surface area contributed by atoms with Crippen molar-refractivity contribution in [1.82, 2.24) is 0 Å². The third-order valence-corrected chi connectivity index (χ3v) is 5.56. The zero-order chi connectivity index (χ0) is 17.6. The fraction of sp³-hybridized carbons (Fsp3) is 0.421. The van der Waals surface area contributed by atoms with E-state index < -0.39 is 17.8 Å². The Labute approximate surface area is 149 Å². The van der Waals surface area contributed by atoms with Gasteiger partial charge in [-0.15, -0.1) is 0 Å². The molecule has 4 nitrogen and oxygen atoms in total. The van der Waals surface area contributed by atoms with Gasteiger partial charge in [0, 0.05) is 28.2 Å². The number of aliphatic carboxylic acids is 1. The van der Waals surface area contributed by atoms with E-state index in [9.17, 15) is 14.7 Å². The van der Waals surface area contributed by atoms with E-state index in [4.69, 9.17) is 0 Å². The minimum atomic E-state index is -1.01. The van der Waals surface area contributed by atoms with Crippen LogP contribution >= 0.6 is 15.9 Å². The number of carboxylic acid groups (broad SMARTS) is 1. The van der Waals surface area contributed by atoms with E-state index in [1.165, 1.54) is 0 Å². The van der Waals surface area contributed by atoms with Crippen LogP contribution in [-0.4, -0.2) is 22.6 Å². The number of fused-ring (bicyclic) bond motifs is 1. The number of carboxylic acids is 1. The minimum Gasteiger partial charge on any atom is -0.478 e. The van der Waals surface area contributed by atoms with Gasteiger partial charge in [-0.2, -0.15) is 0 Å². The fourth-order valence-corrected chi connectivity index (χ4v) is 4.47. The lowest BCUT2D eigenvalue weighted by molar-refractivity contribution is -0.133. The lowest BCUT2D eigenvalue weighted by atomic mass is 9.63. The molecule has 1 aliphatic heterocycles. The van der Waals surface area contributed by atoms with Crippen molar-refractivity contribution >= 4 is 33.4 Å². The van der Waals surface area contributed by atoms with Crippen molar-refractivity contribution in [3.63, 3.8) is 0 Å². The monoisotopic (exact) mass is 389 g/mol. The minimum absolute atomic E-state index is 0.0806. The SMILES string of the molecule is CC1=C(C(=O)O)C(c2ccccc2Br)C2C(=O)CC(C)(C)CC2=N1. The summed E-state index contributed by atoms with van der Waals surface area (Å²) in [6.45, 7) is 5.84. The van der Waals surface area contributed by atoms with Gasteiger partial charge < -0.3 is 5.11 Å². The number of aliphatic imine (C=N–C) groups is 1. The second-order valence-corrected chi connectivity index (χ2v) is 8.22.